The van der Waals surface area contributed by atoms with Crippen molar-refractivity contribution >= 4 is 5.78 Å². The zero-order valence-electron chi connectivity index (χ0n) is 36.0. The molecule has 0 aromatic heterocycles. The van der Waals surface area contributed by atoms with E-state index in [1.165, 1.54) is 6.92 Å². The lowest BCUT2D eigenvalue weighted by molar-refractivity contribution is -0.133. The number of hydrogen-bond donors (Lipinski definition) is 17. The second-order valence-electron chi connectivity index (χ2n) is 15.5. The molecule has 0 aromatic carbocycles. The van der Waals surface area contributed by atoms with Crippen molar-refractivity contribution in [1.29, 1.82) is 0 Å². The fraction of sp³-hybridized carbons (Fsp3) is 0.973. The van der Waals surface area contributed by atoms with Crippen LogP contribution in [-0.2, 0) is 33.2 Å². The summed E-state index contributed by atoms with van der Waals surface area (Å²) in [6.45, 7) is -4.60. The number of nitrogens with zero attached hydrogens (tertiary/aromatic N) is 2. The van der Waals surface area contributed by atoms with Crippen LogP contribution in [-0.4, -0.2) is 326 Å². The van der Waals surface area contributed by atoms with Gasteiger partial charge >= 0.3 is 0 Å². The first-order chi connectivity index (χ1) is 29.6. The van der Waals surface area contributed by atoms with Crippen LogP contribution in [0.15, 0.2) is 0 Å². The highest BCUT2D eigenvalue weighted by molar-refractivity contribution is 5.77. The van der Waals surface area contributed by atoms with E-state index in [0.717, 1.165) is 4.90 Å². The molecule has 0 saturated heterocycles. The van der Waals surface area contributed by atoms with Crippen molar-refractivity contribution in [2.24, 2.45) is 0 Å². The molecule has 7 unspecified atom stereocenters. The number of ether oxygens (including phenoxy) is 6. The topological polar surface area (TPSA) is 423 Å². The van der Waals surface area contributed by atoms with Gasteiger partial charge < -0.3 is 115 Å². The SMILES string of the molecule is CC(=O)CN(C)CC(O)COCC(O)COCC(O)COCC(O)COCC(O)COCC(O)COCC(O)CN(C[C@H](O)[C@@H](O)[C@H](O)[C@H](O)CO)C[C@H](O)[C@@H](O)[C@H](O)[C@H](O)CO. The minimum Gasteiger partial charge on any atom is -0.394 e. The Morgan fingerprint density at radius 2 is 0.619 bits per heavy atom. The summed E-state index contributed by atoms with van der Waals surface area (Å²) in [6.07, 6.45) is -23.2. The maximum Gasteiger partial charge on any atom is 0.143 e. The van der Waals surface area contributed by atoms with E-state index in [1.54, 1.807) is 11.9 Å². The monoisotopic (exact) mass is 932 g/mol. The number of aliphatic hydroxyl groups excluding tert-OH is 17. The number of ketones is 1. The first-order valence-electron chi connectivity index (χ1n) is 20.4. The molecule has 0 amide bonds. The van der Waals surface area contributed by atoms with Crippen molar-refractivity contribution < 1.29 is 120 Å². The molecule has 0 radical (unpaired) electrons. The van der Waals surface area contributed by atoms with Gasteiger partial charge in [-0.3, -0.25) is 14.6 Å². The lowest BCUT2D eigenvalue weighted by atomic mass is 10.0. The fourth-order valence-electron chi connectivity index (χ4n) is 5.58. The zero-order chi connectivity index (χ0) is 48.1. The fourth-order valence-corrected chi connectivity index (χ4v) is 5.58. The molecule has 0 spiro atoms. The average molecular weight is 933 g/mol. The van der Waals surface area contributed by atoms with E-state index in [-0.39, 0.29) is 91.5 Å². The summed E-state index contributed by atoms with van der Waals surface area (Å²) in [7, 11) is 1.68. The van der Waals surface area contributed by atoms with Crippen molar-refractivity contribution in [2.75, 3.05) is 132 Å². The summed E-state index contributed by atoms with van der Waals surface area (Å²) in [5.41, 5.74) is 0. The molecule has 26 nitrogen and oxygen atoms in total. The number of likely N-dealkylation sites (N-methyl/N-ethyl adjacent to an activating group) is 1. The minimum atomic E-state index is -2.02. The molecule has 63 heavy (non-hydrogen) atoms. The highest BCUT2D eigenvalue weighted by Gasteiger charge is 2.35. The van der Waals surface area contributed by atoms with Crippen molar-refractivity contribution in [1.82, 2.24) is 9.80 Å². The molecule has 0 bridgehead atoms. The molecule has 0 fully saturated rings. The van der Waals surface area contributed by atoms with E-state index >= 15 is 0 Å². The molecule has 26 heteroatoms. The Labute approximate surface area is 366 Å². The molecule has 0 saturated carbocycles. The highest BCUT2D eigenvalue weighted by atomic mass is 16.5. The van der Waals surface area contributed by atoms with Gasteiger partial charge in [0.05, 0.1) is 123 Å². The predicted molar refractivity (Wildman–Crippen MR) is 214 cm³/mol. The van der Waals surface area contributed by atoms with Crippen molar-refractivity contribution in [2.45, 2.75) is 98.5 Å². The number of carbonyl (C=O) groups excluding carboxylic acids is 1. The van der Waals surface area contributed by atoms with Crippen molar-refractivity contribution in [3.63, 3.8) is 0 Å². The van der Waals surface area contributed by atoms with Crippen LogP contribution in [0.5, 0.6) is 0 Å². The van der Waals surface area contributed by atoms with Crippen LogP contribution in [0.4, 0.5) is 0 Å². The first-order valence-corrected chi connectivity index (χ1v) is 20.4. The Morgan fingerprint density at radius 1 is 0.381 bits per heavy atom. The van der Waals surface area contributed by atoms with Gasteiger partial charge in [0, 0.05) is 26.2 Å². The van der Waals surface area contributed by atoms with Gasteiger partial charge in [-0.05, 0) is 14.0 Å². The molecule has 0 aliphatic heterocycles. The Kier molecular flexibility index (Phi) is 35.1. The summed E-state index contributed by atoms with van der Waals surface area (Å²) >= 11 is 0. The molecule has 378 valence electrons. The van der Waals surface area contributed by atoms with Crippen LogP contribution in [0.2, 0.25) is 0 Å². The molecule has 0 aliphatic carbocycles. The molecule has 17 N–H and O–H groups in total. The normalized spacial score (nSPS) is 19.7. The van der Waals surface area contributed by atoms with E-state index < -0.39 is 131 Å². The van der Waals surface area contributed by atoms with Gasteiger partial charge in [-0.15, -0.1) is 0 Å². The molecule has 0 rings (SSSR count). The number of aliphatic hydroxyl groups is 17. The van der Waals surface area contributed by atoms with Gasteiger partial charge in [0.25, 0.3) is 0 Å². The molecule has 0 aromatic rings. The van der Waals surface area contributed by atoms with Crippen LogP contribution in [0.1, 0.15) is 6.92 Å². The van der Waals surface area contributed by atoms with Crippen LogP contribution >= 0.6 is 0 Å². The summed E-state index contributed by atoms with van der Waals surface area (Å²) in [6, 6.07) is 0. The second kappa shape index (κ2) is 35.8. The summed E-state index contributed by atoms with van der Waals surface area (Å²) in [5, 5.41) is 169. The smallest absolute Gasteiger partial charge is 0.143 e. The minimum absolute atomic E-state index is 0.0420. The lowest BCUT2D eigenvalue weighted by Gasteiger charge is -2.34. The van der Waals surface area contributed by atoms with Crippen molar-refractivity contribution in [3.05, 3.63) is 0 Å². The number of carbonyl (C=O) groups is 1. The molecular formula is C37H76N2O24. The standard InChI is InChI=1S/C37H76N2O24/c1-22(42)3-38(2)4-23(43)10-58-12-25(45)14-60-16-27(47)18-62-20-29(49)21-63-19-28(48)17-61-15-26(46)13-59-11-24(44)5-39(6-30(50)34(54)36(56)32(52)8-40)7-31(51)35(55)37(57)33(53)9-41/h23-37,40-41,43-57H,3-21H2,1-2H3/t23?,24?,25?,26?,27?,28?,29?,30-,31-,32+,33+,34+,35+,36+,37+/m0/s1. The zero-order valence-corrected chi connectivity index (χ0v) is 36.0. The lowest BCUT2D eigenvalue weighted by Crippen LogP contribution is -2.54. The molecule has 0 aliphatic rings. The van der Waals surface area contributed by atoms with Gasteiger partial charge in [-0.25, -0.2) is 0 Å². The summed E-state index contributed by atoms with van der Waals surface area (Å²) < 4.78 is 31.5. The van der Waals surface area contributed by atoms with Crippen LogP contribution in [0, 0.1) is 0 Å². The van der Waals surface area contributed by atoms with Gasteiger partial charge in [-0.2, -0.15) is 0 Å². The van der Waals surface area contributed by atoms with Gasteiger partial charge in [-0.1, -0.05) is 0 Å². The van der Waals surface area contributed by atoms with Gasteiger partial charge in [0.2, 0.25) is 0 Å². The van der Waals surface area contributed by atoms with E-state index in [9.17, 15) is 81.4 Å². The Balaban J connectivity index is 4.41. The van der Waals surface area contributed by atoms with E-state index in [0.29, 0.717) is 0 Å². The van der Waals surface area contributed by atoms with E-state index in [1.807, 2.05) is 0 Å². The second-order valence-corrected chi connectivity index (χ2v) is 15.5. The van der Waals surface area contributed by atoms with Crippen molar-refractivity contribution in [3.8, 4) is 0 Å². The molecule has 0 heterocycles. The number of Topliss-reactive ketones (excluding diaryl/α,β-unsaturated/α-hetero) is 1. The largest absolute Gasteiger partial charge is 0.394 e. The summed E-state index contributed by atoms with van der Waals surface area (Å²) in [5.74, 6) is -0.0420. The Bertz CT molecular complexity index is 1080. The summed E-state index contributed by atoms with van der Waals surface area (Å²) in [4.78, 5) is 13.8. The molecule has 15 atom stereocenters. The first kappa shape index (κ1) is 61.7. The maximum atomic E-state index is 11.1. The average Bonchev–Trinajstić information content (AvgIpc) is 3.21. The number of hydrogen-bond acceptors (Lipinski definition) is 26. The van der Waals surface area contributed by atoms with Crippen LogP contribution in [0.25, 0.3) is 0 Å². The number of rotatable bonds is 42. The van der Waals surface area contributed by atoms with Gasteiger partial charge in [0.15, 0.2) is 0 Å². The third-order valence-electron chi connectivity index (χ3n) is 8.75. The van der Waals surface area contributed by atoms with Crippen LogP contribution in [0.3, 0.4) is 0 Å². The van der Waals surface area contributed by atoms with E-state index in [4.69, 9.17) is 38.6 Å². The highest BCUT2D eigenvalue weighted by Crippen LogP contribution is 2.12. The quantitative estimate of drug-likeness (QED) is 0.0270. The third-order valence-corrected chi connectivity index (χ3v) is 8.75. The maximum absolute atomic E-state index is 11.1. The van der Waals surface area contributed by atoms with Gasteiger partial charge in [0.1, 0.15) is 72.9 Å². The predicted octanol–water partition coefficient (Wildman–Crippen LogP) is -10.7. The Morgan fingerprint density at radius 3 is 0.873 bits per heavy atom. The van der Waals surface area contributed by atoms with Crippen LogP contribution < -0.4 is 0 Å². The molecular weight excluding hydrogens is 856 g/mol. The third kappa shape index (κ3) is 30.6. The van der Waals surface area contributed by atoms with E-state index in [2.05, 4.69) is 0 Å². The Hall–Kier alpha value is -1.33.